The predicted octanol–water partition coefficient (Wildman–Crippen LogP) is 1.55. The molecule has 2 aromatic rings. The molecule has 0 aliphatic carbocycles. The van der Waals surface area contributed by atoms with E-state index in [0.717, 1.165) is 5.56 Å². The number of ether oxygens (including phenoxy) is 1. The molecule has 0 aliphatic heterocycles. The van der Waals surface area contributed by atoms with Crippen LogP contribution in [0.2, 0.25) is 0 Å². The summed E-state index contributed by atoms with van der Waals surface area (Å²) in [6, 6.07) is 4.96. The summed E-state index contributed by atoms with van der Waals surface area (Å²) in [6.45, 7) is 3.88. The first-order chi connectivity index (χ1) is 10.0. The molecular formula is C14H16N4O3. The average Bonchev–Trinajstić information content (AvgIpc) is 2.81. The Balaban J connectivity index is 2.17. The molecule has 0 saturated heterocycles. The number of nitrogens with zero attached hydrogens (tertiary/aromatic N) is 3. The maximum atomic E-state index is 12.1. The predicted molar refractivity (Wildman–Crippen MR) is 76.1 cm³/mol. The molecular weight excluding hydrogens is 272 g/mol. The van der Waals surface area contributed by atoms with Gasteiger partial charge in [-0.1, -0.05) is 0 Å². The highest BCUT2D eigenvalue weighted by Gasteiger charge is 2.18. The van der Waals surface area contributed by atoms with Crippen LogP contribution >= 0.6 is 0 Å². The van der Waals surface area contributed by atoms with E-state index in [1.165, 1.54) is 10.7 Å². The number of carbonyl (C=O) groups is 2. The first-order valence-corrected chi connectivity index (χ1v) is 6.46. The van der Waals surface area contributed by atoms with Crippen molar-refractivity contribution in [2.75, 3.05) is 11.9 Å². The molecule has 2 heterocycles. The molecule has 0 atom stereocenters. The van der Waals surface area contributed by atoms with Gasteiger partial charge in [0.25, 0.3) is 5.91 Å². The van der Waals surface area contributed by atoms with E-state index in [1.54, 1.807) is 26.2 Å². The first kappa shape index (κ1) is 14.7. The minimum atomic E-state index is -0.514. The molecule has 110 valence electrons. The van der Waals surface area contributed by atoms with E-state index in [0.29, 0.717) is 5.82 Å². The van der Waals surface area contributed by atoms with Crippen molar-refractivity contribution in [3.63, 3.8) is 0 Å². The summed E-state index contributed by atoms with van der Waals surface area (Å²) in [5, 5.41) is 6.64. The Morgan fingerprint density at radius 2 is 2.14 bits per heavy atom. The van der Waals surface area contributed by atoms with Crippen LogP contribution in [-0.2, 0) is 11.8 Å². The molecule has 21 heavy (non-hydrogen) atoms. The van der Waals surface area contributed by atoms with Crippen LogP contribution in [0.3, 0.4) is 0 Å². The highest BCUT2D eigenvalue weighted by atomic mass is 16.5. The zero-order chi connectivity index (χ0) is 15.4. The lowest BCUT2D eigenvalue weighted by Crippen LogP contribution is -2.14. The summed E-state index contributed by atoms with van der Waals surface area (Å²) in [7, 11) is 1.58. The Labute approximate surface area is 121 Å². The third kappa shape index (κ3) is 3.44. The number of hydrogen-bond donors (Lipinski definition) is 1. The van der Waals surface area contributed by atoms with Gasteiger partial charge in [-0.15, -0.1) is 0 Å². The van der Waals surface area contributed by atoms with Crippen LogP contribution in [0.25, 0.3) is 0 Å². The summed E-state index contributed by atoms with van der Waals surface area (Å²) < 4.78 is 6.21. The van der Waals surface area contributed by atoms with Crippen LogP contribution in [0, 0.1) is 6.92 Å². The van der Waals surface area contributed by atoms with E-state index < -0.39 is 11.9 Å². The largest absolute Gasteiger partial charge is 0.461 e. The van der Waals surface area contributed by atoms with Crippen molar-refractivity contribution in [1.29, 1.82) is 0 Å². The monoisotopic (exact) mass is 288 g/mol. The van der Waals surface area contributed by atoms with Gasteiger partial charge in [-0.2, -0.15) is 5.10 Å². The zero-order valence-electron chi connectivity index (χ0n) is 12.1. The highest BCUT2D eigenvalue weighted by Crippen LogP contribution is 2.10. The Morgan fingerprint density at radius 3 is 2.81 bits per heavy atom. The molecule has 0 saturated carbocycles. The molecule has 7 heteroatoms. The minimum absolute atomic E-state index is 0.129. The van der Waals surface area contributed by atoms with E-state index in [-0.39, 0.29) is 18.0 Å². The van der Waals surface area contributed by atoms with Crippen molar-refractivity contribution >= 4 is 17.7 Å². The Bertz CT molecular complexity index is 679. The maximum absolute atomic E-state index is 12.1. The van der Waals surface area contributed by atoms with Gasteiger partial charge >= 0.3 is 5.97 Å². The van der Waals surface area contributed by atoms with E-state index in [4.69, 9.17) is 4.74 Å². The average molecular weight is 288 g/mol. The number of rotatable bonds is 4. The topological polar surface area (TPSA) is 86.1 Å². The fourth-order valence-corrected chi connectivity index (χ4v) is 1.76. The molecule has 1 amide bonds. The molecule has 0 bridgehead atoms. The fraction of sp³-hybridized carbons (Fsp3) is 0.286. The van der Waals surface area contributed by atoms with Crippen LogP contribution < -0.4 is 5.32 Å². The van der Waals surface area contributed by atoms with Gasteiger partial charge in [-0.25, -0.2) is 9.78 Å². The molecule has 0 fully saturated rings. The molecule has 0 radical (unpaired) electrons. The molecule has 7 nitrogen and oxygen atoms in total. The standard InChI is InChI=1S/C14H16N4O3/c1-4-21-14(20)11-8-10(17-18(11)3)13(19)16-12-7-9(2)5-6-15-12/h5-8H,4H2,1-3H3,(H,15,16,19). The van der Waals surface area contributed by atoms with Crippen LogP contribution in [0.15, 0.2) is 24.4 Å². The van der Waals surface area contributed by atoms with Crippen LogP contribution in [0.5, 0.6) is 0 Å². The number of aromatic nitrogens is 3. The Kier molecular flexibility index (Phi) is 4.32. The van der Waals surface area contributed by atoms with Gasteiger partial charge in [-0.05, 0) is 31.5 Å². The van der Waals surface area contributed by atoms with E-state index in [1.807, 2.05) is 13.0 Å². The van der Waals surface area contributed by atoms with E-state index in [9.17, 15) is 9.59 Å². The highest BCUT2D eigenvalue weighted by molar-refractivity contribution is 6.03. The van der Waals surface area contributed by atoms with Crippen LogP contribution in [0.1, 0.15) is 33.5 Å². The van der Waals surface area contributed by atoms with Gasteiger partial charge in [0, 0.05) is 19.3 Å². The van der Waals surface area contributed by atoms with Crippen molar-refractivity contribution < 1.29 is 14.3 Å². The third-order valence-electron chi connectivity index (χ3n) is 2.75. The lowest BCUT2D eigenvalue weighted by atomic mass is 10.3. The second-order valence-electron chi connectivity index (χ2n) is 4.43. The summed E-state index contributed by atoms with van der Waals surface area (Å²) in [4.78, 5) is 27.8. The van der Waals surface area contributed by atoms with E-state index in [2.05, 4.69) is 15.4 Å². The second kappa shape index (κ2) is 6.17. The number of hydrogen-bond acceptors (Lipinski definition) is 5. The van der Waals surface area contributed by atoms with Crippen molar-refractivity contribution in [3.8, 4) is 0 Å². The van der Waals surface area contributed by atoms with Gasteiger partial charge < -0.3 is 10.1 Å². The maximum Gasteiger partial charge on any atom is 0.356 e. The summed E-state index contributed by atoms with van der Waals surface area (Å²) in [6.07, 6.45) is 1.60. The van der Waals surface area contributed by atoms with E-state index >= 15 is 0 Å². The normalized spacial score (nSPS) is 10.2. The summed E-state index contributed by atoms with van der Waals surface area (Å²) >= 11 is 0. The van der Waals surface area contributed by atoms with Crippen molar-refractivity contribution in [2.24, 2.45) is 7.05 Å². The fourth-order valence-electron chi connectivity index (χ4n) is 1.76. The molecule has 1 N–H and O–H groups in total. The van der Waals surface area contributed by atoms with Crippen LogP contribution in [0.4, 0.5) is 5.82 Å². The van der Waals surface area contributed by atoms with Crippen molar-refractivity contribution in [1.82, 2.24) is 14.8 Å². The zero-order valence-corrected chi connectivity index (χ0v) is 12.1. The van der Waals surface area contributed by atoms with Crippen molar-refractivity contribution in [2.45, 2.75) is 13.8 Å². The van der Waals surface area contributed by atoms with Crippen molar-refractivity contribution in [3.05, 3.63) is 41.3 Å². The SMILES string of the molecule is CCOC(=O)c1cc(C(=O)Nc2cc(C)ccn2)nn1C. The van der Waals surface area contributed by atoms with Gasteiger partial charge in [0.15, 0.2) is 5.69 Å². The molecule has 0 spiro atoms. The number of esters is 1. The number of carbonyl (C=O) groups excluding carboxylic acids is 2. The molecule has 2 aromatic heterocycles. The number of pyridine rings is 1. The molecule has 2 rings (SSSR count). The van der Waals surface area contributed by atoms with Crippen LogP contribution in [-0.4, -0.2) is 33.2 Å². The quantitative estimate of drug-likeness (QED) is 0.863. The second-order valence-corrected chi connectivity index (χ2v) is 4.43. The Hall–Kier alpha value is -2.70. The first-order valence-electron chi connectivity index (χ1n) is 6.46. The smallest absolute Gasteiger partial charge is 0.356 e. The molecule has 0 aliphatic rings. The number of aryl methyl sites for hydroxylation is 2. The lowest BCUT2D eigenvalue weighted by Gasteiger charge is -2.02. The lowest BCUT2D eigenvalue weighted by molar-refractivity contribution is 0.0513. The van der Waals surface area contributed by atoms with Gasteiger partial charge in [0.1, 0.15) is 11.5 Å². The number of nitrogens with one attached hydrogen (secondary N) is 1. The summed E-state index contributed by atoms with van der Waals surface area (Å²) in [5.41, 5.74) is 1.33. The van der Waals surface area contributed by atoms with Gasteiger partial charge in [0.2, 0.25) is 0 Å². The molecule has 0 aromatic carbocycles. The van der Waals surface area contributed by atoms with Gasteiger partial charge in [0.05, 0.1) is 6.61 Å². The molecule has 0 unspecified atom stereocenters. The minimum Gasteiger partial charge on any atom is -0.461 e. The van der Waals surface area contributed by atoms with Gasteiger partial charge in [-0.3, -0.25) is 9.48 Å². The summed E-state index contributed by atoms with van der Waals surface area (Å²) in [5.74, 6) is -0.511. The third-order valence-corrected chi connectivity index (χ3v) is 2.75. The number of anilines is 1. The Morgan fingerprint density at radius 1 is 1.38 bits per heavy atom. The number of amides is 1.